The summed E-state index contributed by atoms with van der Waals surface area (Å²) in [5.74, 6) is 1.38. The number of benzene rings is 2. The molecule has 8 nitrogen and oxygen atoms in total. The third kappa shape index (κ3) is 4.01. The molecule has 2 aromatic rings. The summed E-state index contributed by atoms with van der Waals surface area (Å²) in [5, 5.41) is 10.5. The summed E-state index contributed by atoms with van der Waals surface area (Å²) >= 11 is 0. The molecule has 172 valence electrons. The Labute approximate surface area is 188 Å². The number of carbonyl (C=O) groups excluding carboxylic acids is 1. The van der Waals surface area contributed by atoms with Crippen molar-refractivity contribution in [3.8, 4) is 17.2 Å². The van der Waals surface area contributed by atoms with E-state index in [1.54, 1.807) is 26.4 Å². The lowest BCUT2D eigenvalue weighted by molar-refractivity contribution is -0.131. The van der Waals surface area contributed by atoms with Gasteiger partial charge in [-0.2, -0.15) is 0 Å². The third-order valence-electron chi connectivity index (χ3n) is 6.33. The highest BCUT2D eigenvalue weighted by atomic mass is 16.5. The van der Waals surface area contributed by atoms with Gasteiger partial charge in [0.15, 0.2) is 11.5 Å². The highest BCUT2D eigenvalue weighted by Gasteiger charge is 2.55. The number of para-hydroxylation sites is 1. The number of nitrogens with one attached hydrogen (secondary N) is 2. The lowest BCUT2D eigenvalue weighted by Gasteiger charge is -2.32. The van der Waals surface area contributed by atoms with Crippen LogP contribution in [-0.2, 0) is 9.53 Å². The molecule has 1 amide bonds. The molecule has 2 fully saturated rings. The van der Waals surface area contributed by atoms with E-state index in [-0.39, 0.29) is 29.7 Å². The summed E-state index contributed by atoms with van der Waals surface area (Å²) < 4.78 is 16.4. The zero-order valence-corrected chi connectivity index (χ0v) is 18.7. The number of methoxy groups -OCH3 is 2. The van der Waals surface area contributed by atoms with E-state index in [1.807, 2.05) is 42.2 Å². The summed E-state index contributed by atoms with van der Waals surface area (Å²) in [6.07, 6.45) is 0.748. The number of amides is 1. The first-order chi connectivity index (χ1) is 15.6. The number of ether oxygens (including phenoxy) is 3. The number of fused-ring (bicyclic) bond motifs is 1. The second kappa shape index (κ2) is 9.77. The molecule has 0 radical (unpaired) electrons. The van der Waals surface area contributed by atoms with Crippen LogP contribution in [-0.4, -0.2) is 55.9 Å². The molecule has 0 aromatic heterocycles. The van der Waals surface area contributed by atoms with E-state index in [9.17, 15) is 9.90 Å². The van der Waals surface area contributed by atoms with Crippen molar-refractivity contribution in [1.29, 1.82) is 0 Å². The first kappa shape index (κ1) is 22.4. The summed E-state index contributed by atoms with van der Waals surface area (Å²) in [7, 11) is 3.21. The molecule has 4 unspecified atom stereocenters. The average Bonchev–Trinajstić information content (AvgIpc) is 3.35. The Balaban J connectivity index is 1.73. The molecular formula is C24H31N3O5. The zero-order valence-electron chi connectivity index (χ0n) is 18.7. The molecule has 2 aliphatic rings. The van der Waals surface area contributed by atoms with Gasteiger partial charge in [0.25, 0.3) is 0 Å². The molecule has 2 saturated heterocycles. The minimum Gasteiger partial charge on any atom is -0.508 e. The topological polar surface area (TPSA) is 92.3 Å². The van der Waals surface area contributed by atoms with Gasteiger partial charge in [0.1, 0.15) is 11.8 Å². The van der Waals surface area contributed by atoms with Crippen molar-refractivity contribution in [2.24, 2.45) is 5.92 Å². The summed E-state index contributed by atoms with van der Waals surface area (Å²) in [4.78, 5) is 15.4. The van der Waals surface area contributed by atoms with E-state index in [4.69, 9.17) is 14.2 Å². The number of hydrogen-bond acceptors (Lipinski definition) is 7. The van der Waals surface area contributed by atoms with Gasteiger partial charge in [0.2, 0.25) is 5.91 Å². The summed E-state index contributed by atoms with van der Waals surface area (Å²) in [6.45, 7) is 3.80. The first-order valence-corrected chi connectivity index (χ1v) is 11.0. The van der Waals surface area contributed by atoms with Gasteiger partial charge in [-0.25, -0.2) is 10.9 Å². The molecule has 0 aliphatic carbocycles. The molecule has 4 rings (SSSR count). The van der Waals surface area contributed by atoms with E-state index in [0.717, 1.165) is 17.5 Å². The molecule has 32 heavy (non-hydrogen) atoms. The van der Waals surface area contributed by atoms with Gasteiger partial charge in [-0.15, -0.1) is 0 Å². The maximum absolute atomic E-state index is 13.4. The Morgan fingerprint density at radius 2 is 1.78 bits per heavy atom. The van der Waals surface area contributed by atoms with Crippen LogP contribution in [0.1, 0.15) is 36.6 Å². The molecule has 0 saturated carbocycles. The maximum Gasteiger partial charge on any atom is 0.242 e. The third-order valence-corrected chi connectivity index (χ3v) is 6.33. The van der Waals surface area contributed by atoms with Crippen LogP contribution in [0.3, 0.4) is 0 Å². The Hall–Kier alpha value is -2.81. The summed E-state index contributed by atoms with van der Waals surface area (Å²) in [6, 6.07) is 12.2. The lowest BCUT2D eigenvalue weighted by atomic mass is 9.83. The Bertz CT molecular complexity index is 953. The number of likely N-dealkylation sites (tertiary alicyclic amines) is 1. The van der Waals surface area contributed by atoms with Crippen molar-refractivity contribution >= 4 is 5.91 Å². The van der Waals surface area contributed by atoms with E-state index in [2.05, 4.69) is 10.9 Å². The van der Waals surface area contributed by atoms with Crippen molar-refractivity contribution in [2.75, 3.05) is 34.0 Å². The van der Waals surface area contributed by atoms with Crippen LogP contribution in [0.5, 0.6) is 17.2 Å². The quantitative estimate of drug-likeness (QED) is 0.515. The first-order valence-electron chi connectivity index (χ1n) is 11.0. The normalized spacial score (nSPS) is 24.6. The Kier molecular flexibility index (Phi) is 6.83. The van der Waals surface area contributed by atoms with Gasteiger partial charge in [-0.3, -0.25) is 4.79 Å². The average molecular weight is 442 g/mol. The fraction of sp³-hybridized carbons (Fsp3) is 0.458. The van der Waals surface area contributed by atoms with Crippen LogP contribution in [0.4, 0.5) is 0 Å². The number of phenolic OH excluding ortho intramolecular Hbond substituents is 1. The highest BCUT2D eigenvalue weighted by Crippen LogP contribution is 2.49. The minimum atomic E-state index is -0.398. The van der Waals surface area contributed by atoms with Gasteiger partial charge in [-0.05, 0) is 37.1 Å². The number of rotatable bonds is 9. The fourth-order valence-electron chi connectivity index (χ4n) is 4.88. The highest BCUT2D eigenvalue weighted by molar-refractivity contribution is 5.86. The molecule has 0 bridgehead atoms. The van der Waals surface area contributed by atoms with E-state index in [0.29, 0.717) is 31.3 Å². The number of hydrogen-bond donors (Lipinski definition) is 3. The molecular weight excluding hydrogens is 410 g/mol. The molecule has 2 aliphatic heterocycles. The second-order valence-electron chi connectivity index (χ2n) is 8.02. The van der Waals surface area contributed by atoms with Crippen LogP contribution >= 0.6 is 0 Å². The van der Waals surface area contributed by atoms with Gasteiger partial charge in [0.05, 0.1) is 26.3 Å². The number of nitrogens with zero attached hydrogens (tertiary/aromatic N) is 1. The van der Waals surface area contributed by atoms with E-state index >= 15 is 0 Å². The second-order valence-corrected chi connectivity index (χ2v) is 8.02. The number of carbonyl (C=O) groups is 1. The molecule has 0 spiro atoms. The lowest BCUT2D eigenvalue weighted by Crippen LogP contribution is -2.41. The predicted molar refractivity (Wildman–Crippen MR) is 120 cm³/mol. The van der Waals surface area contributed by atoms with E-state index in [1.165, 1.54) is 0 Å². The fourth-order valence-corrected chi connectivity index (χ4v) is 4.88. The van der Waals surface area contributed by atoms with Crippen LogP contribution < -0.4 is 20.3 Å². The standard InChI is InChI=1S/C24H31N3O5/c1-4-32-13-7-12-27-23(15-10-11-18(30-2)19(14-15)31-3)20-21(25-26-22(20)24(27)29)16-8-5-6-9-17(16)28/h5-6,8-11,14,20-23,25-26,28H,4,7,12-13H2,1-3H3. The number of hydrazine groups is 1. The molecule has 3 N–H and O–H groups in total. The van der Waals surface area contributed by atoms with Crippen LogP contribution in [0.25, 0.3) is 0 Å². The largest absolute Gasteiger partial charge is 0.508 e. The van der Waals surface area contributed by atoms with Crippen LogP contribution in [0.15, 0.2) is 42.5 Å². The predicted octanol–water partition coefficient (Wildman–Crippen LogP) is 2.55. The van der Waals surface area contributed by atoms with Gasteiger partial charge < -0.3 is 24.2 Å². The Morgan fingerprint density at radius 3 is 2.50 bits per heavy atom. The minimum absolute atomic E-state index is 0.0386. The molecule has 2 heterocycles. The molecule has 8 heteroatoms. The molecule has 4 atom stereocenters. The summed E-state index contributed by atoms with van der Waals surface area (Å²) in [5.41, 5.74) is 8.17. The van der Waals surface area contributed by atoms with Crippen molar-refractivity contribution in [3.05, 3.63) is 53.6 Å². The van der Waals surface area contributed by atoms with E-state index < -0.39 is 6.04 Å². The van der Waals surface area contributed by atoms with Crippen molar-refractivity contribution in [3.63, 3.8) is 0 Å². The number of phenols is 1. The SMILES string of the molecule is CCOCCCN1C(=O)C2NNC(c3ccccc3O)C2C1c1ccc(OC)c(OC)c1. The van der Waals surface area contributed by atoms with Crippen molar-refractivity contribution < 1.29 is 24.1 Å². The monoisotopic (exact) mass is 441 g/mol. The Morgan fingerprint density at radius 1 is 1.03 bits per heavy atom. The van der Waals surface area contributed by atoms with Gasteiger partial charge in [0, 0.05) is 31.2 Å². The maximum atomic E-state index is 13.4. The molecule has 2 aromatic carbocycles. The number of aromatic hydroxyl groups is 1. The van der Waals surface area contributed by atoms with Gasteiger partial charge in [-0.1, -0.05) is 24.3 Å². The zero-order chi connectivity index (χ0) is 22.7. The smallest absolute Gasteiger partial charge is 0.242 e. The van der Waals surface area contributed by atoms with Crippen LogP contribution in [0.2, 0.25) is 0 Å². The van der Waals surface area contributed by atoms with Crippen molar-refractivity contribution in [1.82, 2.24) is 15.8 Å². The van der Waals surface area contributed by atoms with Gasteiger partial charge >= 0.3 is 0 Å². The van der Waals surface area contributed by atoms with Crippen LogP contribution in [0, 0.1) is 5.92 Å². The van der Waals surface area contributed by atoms with Crippen molar-refractivity contribution in [2.45, 2.75) is 31.5 Å².